The number of fused-ring (bicyclic) bond motifs is 1. The number of halogens is 1. The maximum Gasteiger partial charge on any atom is -0.147 e. The molecule has 0 spiro atoms. The van der Waals surface area contributed by atoms with Crippen molar-refractivity contribution in [2.75, 3.05) is 0 Å². The van der Waals surface area contributed by atoms with Gasteiger partial charge >= 0.3 is 156 Å². The summed E-state index contributed by atoms with van der Waals surface area (Å²) in [5, 5.41) is 5.86. The molecule has 0 amide bonds. The molecule has 25 heavy (non-hydrogen) atoms. The summed E-state index contributed by atoms with van der Waals surface area (Å²) in [7, 11) is 0. The van der Waals surface area contributed by atoms with Crippen LogP contribution in [0.15, 0.2) is 42.5 Å². The number of unbranched alkanes of at least 4 members (excludes halogenated alkanes) is 7. The Hall–Kier alpha value is -0.452. The molecule has 0 bridgehead atoms. The standard InChI is InChI=1S/C23H34As.ClH/c1-2-3-4-5-6-7-8-11-19-24-20-13-17-22-16-12-15-21-14-9-10-18-23(21)22;/h9-10,12,14-16,18H,2-8,11,13,17,19-20H2,1H3;1H. The maximum absolute atomic E-state index is 2.32. The SMILES string of the molecule is CCCCCCCCCC[As]CCCc1cccc2ccccc12.Cl. The van der Waals surface area contributed by atoms with Gasteiger partial charge in [-0.05, 0) is 0 Å². The first kappa shape index (κ1) is 22.6. The monoisotopic (exact) mass is 421 g/mol. The van der Waals surface area contributed by atoms with E-state index < -0.39 is 0 Å². The van der Waals surface area contributed by atoms with Crippen LogP contribution in [0.25, 0.3) is 10.8 Å². The van der Waals surface area contributed by atoms with E-state index in [1.165, 1.54) is 85.4 Å². The number of hydrogen-bond donors (Lipinski definition) is 0. The van der Waals surface area contributed by atoms with Crippen molar-refractivity contribution in [2.24, 2.45) is 0 Å². The van der Waals surface area contributed by atoms with Gasteiger partial charge in [-0.1, -0.05) is 0 Å². The molecule has 0 aromatic heterocycles. The molecule has 0 saturated carbocycles. The van der Waals surface area contributed by atoms with Gasteiger partial charge in [-0.2, -0.15) is 0 Å². The average molecular weight is 422 g/mol. The minimum atomic E-state index is 0. The second-order valence-electron chi connectivity index (χ2n) is 6.89. The van der Waals surface area contributed by atoms with E-state index in [0.717, 1.165) is 0 Å². The van der Waals surface area contributed by atoms with Crippen molar-refractivity contribution in [1.82, 2.24) is 0 Å². The first-order valence-corrected chi connectivity index (χ1v) is 12.7. The summed E-state index contributed by atoms with van der Waals surface area (Å²) in [4.78, 5) is 0. The molecular formula is C23H35AsCl. The van der Waals surface area contributed by atoms with E-state index >= 15 is 0 Å². The van der Waals surface area contributed by atoms with Crippen molar-refractivity contribution in [3.05, 3.63) is 48.0 Å². The van der Waals surface area contributed by atoms with Gasteiger partial charge in [0.25, 0.3) is 0 Å². The van der Waals surface area contributed by atoms with E-state index in [4.69, 9.17) is 0 Å². The molecule has 2 aromatic carbocycles. The topological polar surface area (TPSA) is 0 Å². The molecule has 0 atom stereocenters. The predicted molar refractivity (Wildman–Crippen MR) is 117 cm³/mol. The summed E-state index contributed by atoms with van der Waals surface area (Å²) in [6, 6.07) is 15.6. The molecule has 0 unspecified atom stereocenters. The molecule has 2 heteroatoms. The molecule has 139 valence electrons. The van der Waals surface area contributed by atoms with E-state index in [9.17, 15) is 0 Å². The smallest absolute Gasteiger partial charge is 0.147 e. The molecule has 0 heterocycles. The van der Waals surface area contributed by atoms with Crippen LogP contribution in [0.1, 0.15) is 70.3 Å². The zero-order valence-corrected chi connectivity index (χ0v) is 18.6. The van der Waals surface area contributed by atoms with Gasteiger partial charge in [0.1, 0.15) is 0 Å². The third-order valence-corrected chi connectivity index (χ3v) is 7.47. The van der Waals surface area contributed by atoms with Gasteiger partial charge in [-0.25, -0.2) is 0 Å². The summed E-state index contributed by atoms with van der Waals surface area (Å²) >= 11 is 0.593. The van der Waals surface area contributed by atoms with E-state index in [1.807, 2.05) is 0 Å². The van der Waals surface area contributed by atoms with E-state index in [2.05, 4.69) is 49.4 Å². The van der Waals surface area contributed by atoms with E-state index in [-0.39, 0.29) is 12.4 Å². The number of aryl methyl sites for hydroxylation is 1. The van der Waals surface area contributed by atoms with Crippen LogP contribution in [-0.2, 0) is 6.42 Å². The van der Waals surface area contributed by atoms with Gasteiger partial charge in [-0.15, -0.1) is 12.4 Å². The van der Waals surface area contributed by atoms with Gasteiger partial charge in [0.2, 0.25) is 0 Å². The second kappa shape index (κ2) is 14.7. The summed E-state index contributed by atoms with van der Waals surface area (Å²) in [5.74, 6) is 0. The van der Waals surface area contributed by atoms with E-state index in [0.29, 0.717) is 15.8 Å². The van der Waals surface area contributed by atoms with Crippen LogP contribution in [0.4, 0.5) is 0 Å². The Morgan fingerprint density at radius 3 is 2.12 bits per heavy atom. The fraction of sp³-hybridized carbons (Fsp3) is 0.565. The van der Waals surface area contributed by atoms with Crippen molar-refractivity contribution in [3.63, 3.8) is 0 Å². The normalized spacial score (nSPS) is 11.2. The molecule has 0 aliphatic heterocycles. The summed E-state index contributed by atoms with van der Waals surface area (Å²) in [6.07, 6.45) is 14.3. The zero-order chi connectivity index (χ0) is 16.9. The van der Waals surface area contributed by atoms with Crippen molar-refractivity contribution >= 4 is 38.9 Å². The molecule has 2 aromatic rings. The molecule has 0 aliphatic carbocycles. The third kappa shape index (κ3) is 9.16. The molecule has 0 fully saturated rings. The van der Waals surface area contributed by atoms with Gasteiger partial charge in [-0.3, -0.25) is 0 Å². The molecule has 0 N–H and O–H groups in total. The summed E-state index contributed by atoms with van der Waals surface area (Å²) < 4.78 is 0. The molecule has 0 saturated heterocycles. The van der Waals surface area contributed by atoms with Crippen LogP contribution in [0, 0.1) is 0 Å². The number of rotatable bonds is 13. The minimum Gasteiger partial charge on any atom is -0.147 e. The fourth-order valence-electron chi connectivity index (χ4n) is 3.36. The first-order chi connectivity index (χ1) is 11.9. The van der Waals surface area contributed by atoms with Crippen LogP contribution < -0.4 is 0 Å². The fourth-order valence-corrected chi connectivity index (χ4v) is 5.57. The van der Waals surface area contributed by atoms with Crippen LogP contribution in [0.3, 0.4) is 0 Å². The second-order valence-corrected chi connectivity index (χ2v) is 9.70. The Balaban J connectivity index is 0.00000312. The van der Waals surface area contributed by atoms with Gasteiger partial charge < -0.3 is 0 Å². The summed E-state index contributed by atoms with van der Waals surface area (Å²) in [5.41, 5.74) is 1.54. The van der Waals surface area contributed by atoms with Crippen LogP contribution >= 0.6 is 12.4 Å². The zero-order valence-electron chi connectivity index (χ0n) is 15.9. The van der Waals surface area contributed by atoms with Crippen LogP contribution in [0.2, 0.25) is 10.4 Å². The molecule has 0 aliphatic rings. The van der Waals surface area contributed by atoms with Crippen LogP contribution in [0.5, 0.6) is 0 Å². The van der Waals surface area contributed by atoms with Crippen molar-refractivity contribution in [2.45, 2.75) is 81.5 Å². The third-order valence-electron chi connectivity index (χ3n) is 4.81. The van der Waals surface area contributed by atoms with Gasteiger partial charge in [0, 0.05) is 0 Å². The molecular weight excluding hydrogens is 387 g/mol. The maximum atomic E-state index is 2.32. The Labute approximate surface area is 168 Å². The Kier molecular flexibility index (Phi) is 13.3. The Morgan fingerprint density at radius 1 is 0.680 bits per heavy atom. The quantitative estimate of drug-likeness (QED) is 0.228. The van der Waals surface area contributed by atoms with E-state index in [1.54, 1.807) is 5.56 Å². The average Bonchev–Trinajstić information content (AvgIpc) is 2.63. The van der Waals surface area contributed by atoms with Crippen molar-refractivity contribution < 1.29 is 0 Å². The Bertz CT molecular complexity index is 562. The van der Waals surface area contributed by atoms with Crippen molar-refractivity contribution in [1.29, 1.82) is 0 Å². The number of hydrogen-bond acceptors (Lipinski definition) is 0. The summed E-state index contributed by atoms with van der Waals surface area (Å²) in [6.45, 7) is 2.30. The van der Waals surface area contributed by atoms with Gasteiger partial charge in [0.15, 0.2) is 0 Å². The largest absolute Gasteiger partial charge is 0.147 e. The number of benzene rings is 2. The van der Waals surface area contributed by atoms with Gasteiger partial charge in [0.05, 0.1) is 0 Å². The molecule has 0 nitrogen and oxygen atoms in total. The van der Waals surface area contributed by atoms with Crippen LogP contribution in [-0.4, -0.2) is 15.8 Å². The first-order valence-electron chi connectivity index (χ1n) is 10.0. The molecule has 1 radical (unpaired) electrons. The predicted octanol–water partition coefficient (Wildman–Crippen LogP) is 7.88. The minimum absolute atomic E-state index is 0. The van der Waals surface area contributed by atoms with Crippen molar-refractivity contribution in [3.8, 4) is 0 Å². The molecule has 2 rings (SSSR count). The Morgan fingerprint density at radius 2 is 1.32 bits per heavy atom.